The molecule has 2 rings (SSSR count). The molecule has 0 spiro atoms. The van der Waals surface area contributed by atoms with E-state index in [1.54, 1.807) is 0 Å². The van der Waals surface area contributed by atoms with Crippen LogP contribution >= 0.6 is 18.6 Å². The maximum atomic E-state index is 5.05. The van der Waals surface area contributed by atoms with Crippen molar-refractivity contribution < 1.29 is 17.0 Å². The molecule has 0 heterocycles. The molecule has 2 aliphatic carbocycles. The number of halogens is 2. The van der Waals surface area contributed by atoms with Gasteiger partial charge < -0.3 is 10.6 Å². The van der Waals surface area contributed by atoms with E-state index >= 15 is 0 Å². The van der Waals surface area contributed by atoms with Crippen LogP contribution in [0.25, 0.3) is 10.6 Å². The molecule has 2 fully saturated rings. The Morgan fingerprint density at radius 2 is 1.44 bits per heavy atom. The van der Waals surface area contributed by atoms with E-state index in [0.717, 1.165) is 43.2 Å². The number of hydrogen-bond donors (Lipinski definition) is 0. The Morgan fingerprint density at radius 3 is 2.04 bits per heavy atom. The first-order valence-electron chi connectivity index (χ1n) is 10.3. The SMILES string of the molecule is CC(C)C1CCCCC1[N-]CCC[N-]C1C(C)CCCC1C.[Cl][Ti][Cl]. The van der Waals surface area contributed by atoms with E-state index in [9.17, 15) is 0 Å². The predicted molar refractivity (Wildman–Crippen MR) is 109 cm³/mol. The van der Waals surface area contributed by atoms with Gasteiger partial charge in [0, 0.05) is 0 Å². The summed E-state index contributed by atoms with van der Waals surface area (Å²) >= 11 is -0.556. The van der Waals surface area contributed by atoms with Crippen molar-refractivity contribution in [3.63, 3.8) is 0 Å². The van der Waals surface area contributed by atoms with Crippen molar-refractivity contribution in [2.45, 2.75) is 91.1 Å². The summed E-state index contributed by atoms with van der Waals surface area (Å²) in [5.74, 6) is 3.22. The summed E-state index contributed by atoms with van der Waals surface area (Å²) in [6.45, 7) is 11.6. The number of hydrogen-bond acceptors (Lipinski definition) is 0. The molecule has 2 nitrogen and oxygen atoms in total. The van der Waals surface area contributed by atoms with Crippen molar-refractivity contribution in [1.29, 1.82) is 0 Å². The Bertz CT molecular complexity index is 321. The van der Waals surface area contributed by atoms with Crippen LogP contribution < -0.4 is 0 Å². The van der Waals surface area contributed by atoms with Crippen LogP contribution in [0.1, 0.15) is 79.1 Å². The van der Waals surface area contributed by atoms with E-state index in [2.05, 4.69) is 27.7 Å². The Morgan fingerprint density at radius 1 is 0.880 bits per heavy atom. The third-order valence-electron chi connectivity index (χ3n) is 6.14. The summed E-state index contributed by atoms with van der Waals surface area (Å²) in [6, 6.07) is 1.26. The topological polar surface area (TPSA) is 28.2 Å². The summed E-state index contributed by atoms with van der Waals surface area (Å²) < 4.78 is 0. The maximum absolute atomic E-state index is 5.05. The second kappa shape index (κ2) is 14.2. The Hall–Kier alpha value is 1.21. The molecule has 2 aliphatic rings. The van der Waals surface area contributed by atoms with Gasteiger partial charge in [-0.25, -0.2) is 0 Å². The second-order valence-corrected chi connectivity index (χ2v) is 11.0. The van der Waals surface area contributed by atoms with Crippen molar-refractivity contribution >= 4 is 18.6 Å². The summed E-state index contributed by atoms with van der Waals surface area (Å²) in [5, 5.41) is 10.1. The third-order valence-corrected chi connectivity index (χ3v) is 6.14. The first-order valence-corrected chi connectivity index (χ1v) is 14.6. The van der Waals surface area contributed by atoms with Gasteiger partial charge in [-0.05, 0) is 5.92 Å². The quantitative estimate of drug-likeness (QED) is 0.298. The zero-order valence-corrected chi connectivity index (χ0v) is 19.8. The Kier molecular flexibility index (Phi) is 13.8. The normalized spacial score (nSPS) is 32.8. The molecular weight excluding hydrogens is 387 g/mol. The van der Waals surface area contributed by atoms with Crippen LogP contribution in [0.5, 0.6) is 0 Å². The molecule has 0 aromatic heterocycles. The van der Waals surface area contributed by atoms with Gasteiger partial charge in [0.2, 0.25) is 0 Å². The van der Waals surface area contributed by atoms with Gasteiger partial charge in [0.1, 0.15) is 0 Å². The van der Waals surface area contributed by atoms with Gasteiger partial charge in [-0.3, -0.25) is 0 Å². The van der Waals surface area contributed by atoms with E-state index in [4.69, 9.17) is 29.2 Å². The van der Waals surface area contributed by atoms with Crippen molar-refractivity contribution in [2.75, 3.05) is 13.1 Å². The summed E-state index contributed by atoms with van der Waals surface area (Å²) in [5.41, 5.74) is 0. The van der Waals surface area contributed by atoms with E-state index in [1.807, 2.05) is 0 Å². The van der Waals surface area contributed by atoms with Crippen LogP contribution in [0.3, 0.4) is 0 Å². The molecule has 0 amide bonds. The van der Waals surface area contributed by atoms with Crippen LogP contribution in [0.4, 0.5) is 0 Å². The van der Waals surface area contributed by atoms with Crippen LogP contribution in [-0.2, 0) is 17.0 Å². The van der Waals surface area contributed by atoms with Crippen LogP contribution in [0, 0.1) is 23.7 Å². The molecule has 4 atom stereocenters. The van der Waals surface area contributed by atoms with Gasteiger partial charge in [-0.2, -0.15) is 13.1 Å². The molecule has 0 bridgehead atoms. The predicted octanol–water partition coefficient (Wildman–Crippen LogP) is 7.54. The third kappa shape index (κ3) is 9.30. The number of nitrogens with zero attached hydrogens (tertiary/aromatic N) is 2. The molecule has 148 valence electrons. The van der Waals surface area contributed by atoms with Crippen molar-refractivity contribution in [1.82, 2.24) is 0 Å². The first kappa shape index (κ1) is 24.3. The fourth-order valence-corrected chi connectivity index (χ4v) is 4.74. The van der Waals surface area contributed by atoms with Crippen molar-refractivity contribution in [2.24, 2.45) is 23.7 Å². The molecule has 0 aliphatic heterocycles. The van der Waals surface area contributed by atoms with Crippen LogP contribution in [-0.4, -0.2) is 25.2 Å². The molecule has 0 saturated heterocycles. The van der Waals surface area contributed by atoms with E-state index in [0.29, 0.717) is 12.1 Å². The van der Waals surface area contributed by atoms with Crippen LogP contribution in [0.2, 0.25) is 0 Å². The minimum absolute atomic E-state index is 0.556. The van der Waals surface area contributed by atoms with Gasteiger partial charge in [0.05, 0.1) is 0 Å². The summed E-state index contributed by atoms with van der Waals surface area (Å²) in [4.78, 5) is 0. The molecule has 25 heavy (non-hydrogen) atoms. The zero-order chi connectivity index (χ0) is 18.7. The van der Waals surface area contributed by atoms with E-state index < -0.39 is 17.0 Å². The molecule has 4 unspecified atom stereocenters. The van der Waals surface area contributed by atoms with E-state index in [-0.39, 0.29) is 0 Å². The Balaban J connectivity index is 0.000000970. The molecule has 2 saturated carbocycles. The molecule has 0 aromatic rings. The monoisotopic (exact) mass is 424 g/mol. The summed E-state index contributed by atoms with van der Waals surface area (Å²) in [7, 11) is 9.78. The molecule has 0 N–H and O–H groups in total. The van der Waals surface area contributed by atoms with E-state index in [1.165, 1.54) is 44.9 Å². The molecule has 0 aromatic carbocycles. The Labute approximate surface area is 173 Å². The fraction of sp³-hybridized carbons (Fsp3) is 1.00. The fourth-order valence-electron chi connectivity index (χ4n) is 4.74. The van der Waals surface area contributed by atoms with Gasteiger partial charge in [0.25, 0.3) is 0 Å². The standard InChI is InChI=1S/C20H38N2.2ClH.Ti/c1-15(2)18-11-5-6-12-19(18)21-13-8-14-22-20-16(3)9-7-10-17(20)4;;;/h15-20H,5-14H2,1-4H3;2*1H;/q-2;;;+2/p-2. The summed E-state index contributed by atoms with van der Waals surface area (Å²) in [6.07, 6.45) is 10.9. The zero-order valence-electron chi connectivity index (χ0n) is 16.7. The second-order valence-electron chi connectivity index (χ2n) is 8.37. The van der Waals surface area contributed by atoms with Crippen molar-refractivity contribution in [3.8, 4) is 0 Å². The van der Waals surface area contributed by atoms with Gasteiger partial charge >= 0.3 is 35.6 Å². The van der Waals surface area contributed by atoms with Crippen LogP contribution in [0.15, 0.2) is 0 Å². The van der Waals surface area contributed by atoms with Gasteiger partial charge in [0.15, 0.2) is 0 Å². The molecule has 5 heteroatoms. The van der Waals surface area contributed by atoms with Crippen molar-refractivity contribution in [3.05, 3.63) is 10.6 Å². The molecule has 0 radical (unpaired) electrons. The first-order chi connectivity index (χ1) is 12.0. The van der Waals surface area contributed by atoms with Gasteiger partial charge in [-0.15, -0.1) is 12.1 Å². The van der Waals surface area contributed by atoms with Gasteiger partial charge in [-0.1, -0.05) is 96.8 Å². The molecular formula is C20H38Cl2N2Ti-2. The minimum atomic E-state index is -0.556. The average molecular weight is 425 g/mol. The number of rotatable bonds is 7. The average Bonchev–Trinajstić information content (AvgIpc) is 2.58.